The Kier molecular flexibility index (Phi) is 6.37. The topological polar surface area (TPSA) is 29.3 Å². The molecule has 0 bridgehead atoms. The molecule has 1 heterocycles. The van der Waals surface area contributed by atoms with Gasteiger partial charge < -0.3 is 5.73 Å². The Hall–Kier alpha value is -0.0800. The highest BCUT2D eigenvalue weighted by Crippen LogP contribution is 2.28. The van der Waals surface area contributed by atoms with Crippen molar-refractivity contribution < 1.29 is 0 Å². The van der Waals surface area contributed by atoms with E-state index < -0.39 is 0 Å². The molecule has 0 aromatic heterocycles. The maximum absolute atomic E-state index is 6.10. The Bertz CT molecular complexity index is 168. The van der Waals surface area contributed by atoms with Crippen molar-refractivity contribution in [2.24, 2.45) is 5.73 Å². The SMILES string of the molecule is CCCCC(CC)(CN)N1CCCCCC1. The molecule has 0 aromatic rings. The normalized spacial score (nSPS) is 22.7. The largest absolute Gasteiger partial charge is 0.329 e. The molecular formula is C14H30N2. The zero-order valence-corrected chi connectivity index (χ0v) is 11.3. The first-order chi connectivity index (χ1) is 7.79. The fourth-order valence-corrected chi connectivity index (χ4v) is 2.98. The lowest BCUT2D eigenvalue weighted by Crippen LogP contribution is -2.53. The number of hydrogen-bond acceptors (Lipinski definition) is 2. The van der Waals surface area contributed by atoms with Gasteiger partial charge in [0.15, 0.2) is 0 Å². The van der Waals surface area contributed by atoms with Crippen LogP contribution in [-0.4, -0.2) is 30.1 Å². The summed E-state index contributed by atoms with van der Waals surface area (Å²) in [5.41, 5.74) is 6.41. The van der Waals surface area contributed by atoms with E-state index >= 15 is 0 Å². The van der Waals surface area contributed by atoms with Crippen LogP contribution in [0.2, 0.25) is 0 Å². The average molecular weight is 226 g/mol. The molecule has 16 heavy (non-hydrogen) atoms. The van der Waals surface area contributed by atoms with Crippen molar-refractivity contribution in [3.63, 3.8) is 0 Å². The molecule has 0 radical (unpaired) electrons. The fraction of sp³-hybridized carbons (Fsp3) is 1.00. The maximum Gasteiger partial charge on any atom is 0.0329 e. The third kappa shape index (κ3) is 3.46. The summed E-state index contributed by atoms with van der Waals surface area (Å²) in [5, 5.41) is 0. The maximum atomic E-state index is 6.10. The first-order valence-electron chi connectivity index (χ1n) is 7.24. The molecule has 1 unspecified atom stereocenters. The molecule has 0 spiro atoms. The van der Waals surface area contributed by atoms with E-state index in [-0.39, 0.29) is 0 Å². The zero-order chi connectivity index (χ0) is 11.9. The van der Waals surface area contributed by atoms with E-state index in [1.807, 2.05) is 0 Å². The molecule has 2 heteroatoms. The summed E-state index contributed by atoms with van der Waals surface area (Å²) in [7, 11) is 0. The van der Waals surface area contributed by atoms with E-state index in [1.54, 1.807) is 0 Å². The molecule has 0 amide bonds. The van der Waals surface area contributed by atoms with Crippen LogP contribution in [0.25, 0.3) is 0 Å². The summed E-state index contributed by atoms with van der Waals surface area (Å²) in [6, 6.07) is 0. The zero-order valence-electron chi connectivity index (χ0n) is 11.3. The van der Waals surface area contributed by atoms with Gasteiger partial charge in [-0.3, -0.25) is 4.90 Å². The highest BCUT2D eigenvalue weighted by molar-refractivity contribution is 4.91. The van der Waals surface area contributed by atoms with Crippen LogP contribution in [-0.2, 0) is 0 Å². The lowest BCUT2D eigenvalue weighted by molar-refractivity contribution is 0.0819. The lowest BCUT2D eigenvalue weighted by atomic mass is 9.87. The third-order valence-electron chi connectivity index (χ3n) is 4.31. The van der Waals surface area contributed by atoms with Gasteiger partial charge in [0.1, 0.15) is 0 Å². The molecule has 0 saturated carbocycles. The van der Waals surface area contributed by atoms with E-state index in [1.165, 1.54) is 64.5 Å². The highest BCUT2D eigenvalue weighted by Gasteiger charge is 2.32. The first-order valence-corrected chi connectivity index (χ1v) is 7.24. The summed E-state index contributed by atoms with van der Waals surface area (Å²) >= 11 is 0. The predicted octanol–water partition coefficient (Wildman–Crippen LogP) is 3.16. The predicted molar refractivity (Wildman–Crippen MR) is 71.6 cm³/mol. The van der Waals surface area contributed by atoms with Crippen LogP contribution in [0.15, 0.2) is 0 Å². The summed E-state index contributed by atoms with van der Waals surface area (Å²) in [6.45, 7) is 7.97. The minimum absolute atomic E-state index is 0.306. The standard InChI is InChI=1S/C14H30N2/c1-3-5-10-14(4-2,13-15)16-11-8-6-7-9-12-16/h3-13,15H2,1-2H3. The van der Waals surface area contributed by atoms with Crippen LogP contribution in [0.4, 0.5) is 0 Å². The summed E-state index contributed by atoms with van der Waals surface area (Å²) < 4.78 is 0. The molecule has 96 valence electrons. The molecule has 2 nitrogen and oxygen atoms in total. The van der Waals surface area contributed by atoms with Gasteiger partial charge in [0.25, 0.3) is 0 Å². The van der Waals surface area contributed by atoms with Gasteiger partial charge in [-0.25, -0.2) is 0 Å². The van der Waals surface area contributed by atoms with Crippen LogP contribution in [0.5, 0.6) is 0 Å². The van der Waals surface area contributed by atoms with Gasteiger partial charge in [-0.15, -0.1) is 0 Å². The molecule has 1 aliphatic rings. The number of nitrogens with two attached hydrogens (primary N) is 1. The second-order valence-corrected chi connectivity index (χ2v) is 5.29. The van der Waals surface area contributed by atoms with Crippen LogP contribution in [0, 0.1) is 0 Å². The van der Waals surface area contributed by atoms with Gasteiger partial charge in [0.05, 0.1) is 0 Å². The molecule has 1 aliphatic heterocycles. The minimum Gasteiger partial charge on any atom is -0.329 e. The third-order valence-corrected chi connectivity index (χ3v) is 4.31. The van der Waals surface area contributed by atoms with E-state index in [0.717, 1.165) is 6.54 Å². The summed E-state index contributed by atoms with van der Waals surface area (Å²) in [4.78, 5) is 2.70. The molecule has 1 rings (SSSR count). The van der Waals surface area contributed by atoms with Crippen LogP contribution in [0.3, 0.4) is 0 Å². The van der Waals surface area contributed by atoms with Gasteiger partial charge in [0, 0.05) is 12.1 Å². The van der Waals surface area contributed by atoms with Crippen molar-refractivity contribution in [3.8, 4) is 0 Å². The quantitative estimate of drug-likeness (QED) is 0.754. The Morgan fingerprint density at radius 1 is 1.06 bits per heavy atom. The minimum atomic E-state index is 0.306. The lowest BCUT2D eigenvalue weighted by Gasteiger charge is -2.43. The average Bonchev–Trinajstić information content (AvgIpc) is 2.61. The van der Waals surface area contributed by atoms with Gasteiger partial charge >= 0.3 is 0 Å². The Morgan fingerprint density at radius 3 is 2.12 bits per heavy atom. The second kappa shape index (κ2) is 7.29. The summed E-state index contributed by atoms with van der Waals surface area (Å²) in [6.07, 6.45) is 10.7. The van der Waals surface area contributed by atoms with Crippen molar-refractivity contribution in [3.05, 3.63) is 0 Å². The number of nitrogens with zero attached hydrogens (tertiary/aromatic N) is 1. The van der Waals surface area contributed by atoms with Crippen LogP contribution >= 0.6 is 0 Å². The van der Waals surface area contributed by atoms with Gasteiger partial charge in [-0.05, 0) is 38.8 Å². The molecule has 1 saturated heterocycles. The Balaban J connectivity index is 2.64. The molecule has 0 aliphatic carbocycles. The molecule has 2 N–H and O–H groups in total. The van der Waals surface area contributed by atoms with E-state index in [0.29, 0.717) is 5.54 Å². The second-order valence-electron chi connectivity index (χ2n) is 5.29. The van der Waals surface area contributed by atoms with Crippen molar-refractivity contribution in [2.45, 2.75) is 70.8 Å². The van der Waals surface area contributed by atoms with Gasteiger partial charge in [-0.1, -0.05) is 39.5 Å². The molecule has 1 atom stereocenters. The monoisotopic (exact) mass is 226 g/mol. The van der Waals surface area contributed by atoms with E-state index in [4.69, 9.17) is 5.73 Å². The summed E-state index contributed by atoms with van der Waals surface area (Å²) in [5.74, 6) is 0. The smallest absolute Gasteiger partial charge is 0.0329 e. The van der Waals surface area contributed by atoms with Crippen molar-refractivity contribution >= 4 is 0 Å². The Labute approximate surface area is 102 Å². The number of unbranched alkanes of at least 4 members (excludes halogenated alkanes) is 1. The number of likely N-dealkylation sites (tertiary alicyclic amines) is 1. The van der Waals surface area contributed by atoms with Gasteiger partial charge in [-0.2, -0.15) is 0 Å². The van der Waals surface area contributed by atoms with Crippen molar-refractivity contribution in [1.29, 1.82) is 0 Å². The number of hydrogen-bond donors (Lipinski definition) is 1. The molecule has 1 fully saturated rings. The van der Waals surface area contributed by atoms with E-state index in [9.17, 15) is 0 Å². The molecule has 0 aromatic carbocycles. The van der Waals surface area contributed by atoms with Crippen LogP contribution < -0.4 is 5.73 Å². The highest BCUT2D eigenvalue weighted by atomic mass is 15.2. The molecular weight excluding hydrogens is 196 g/mol. The van der Waals surface area contributed by atoms with E-state index in [2.05, 4.69) is 18.7 Å². The Morgan fingerprint density at radius 2 is 1.69 bits per heavy atom. The number of rotatable bonds is 6. The van der Waals surface area contributed by atoms with Crippen molar-refractivity contribution in [2.75, 3.05) is 19.6 Å². The van der Waals surface area contributed by atoms with Gasteiger partial charge in [0.2, 0.25) is 0 Å². The van der Waals surface area contributed by atoms with Crippen LogP contribution in [0.1, 0.15) is 65.2 Å². The van der Waals surface area contributed by atoms with Crippen molar-refractivity contribution in [1.82, 2.24) is 4.90 Å². The first kappa shape index (κ1) is 14.0. The fourth-order valence-electron chi connectivity index (χ4n) is 2.98.